The van der Waals surface area contributed by atoms with Gasteiger partial charge in [0, 0.05) is 32.6 Å². The van der Waals surface area contributed by atoms with E-state index in [0.717, 1.165) is 57.2 Å². The predicted molar refractivity (Wildman–Crippen MR) is 127 cm³/mol. The molecule has 164 valence electrons. The van der Waals surface area contributed by atoms with Gasteiger partial charge in [-0.1, -0.05) is 37.3 Å². The van der Waals surface area contributed by atoms with Crippen LogP contribution in [0.4, 0.5) is 0 Å². The number of carbonyl (C=O) groups excluding carboxylic acids is 1. The Morgan fingerprint density at radius 2 is 2.00 bits per heavy atom. The monoisotopic (exact) mass is 526 g/mol. The molecule has 2 aromatic rings. The summed E-state index contributed by atoms with van der Waals surface area (Å²) in [4.78, 5) is 18.9. The second-order valence-corrected chi connectivity index (χ2v) is 7.13. The normalized spacial score (nSPS) is 14.9. The lowest BCUT2D eigenvalue weighted by atomic mass is 9.97. The van der Waals surface area contributed by atoms with E-state index in [9.17, 15) is 4.79 Å². The maximum atomic E-state index is 11.8. The highest BCUT2D eigenvalue weighted by molar-refractivity contribution is 14.0. The minimum atomic E-state index is -0.111. The molecule has 1 fully saturated rings. The van der Waals surface area contributed by atoms with Gasteiger partial charge in [-0.3, -0.25) is 4.79 Å². The Morgan fingerprint density at radius 3 is 2.67 bits per heavy atom. The van der Waals surface area contributed by atoms with Crippen molar-refractivity contribution in [2.24, 2.45) is 10.9 Å². The maximum Gasteiger partial charge on any atom is 0.308 e. The molecule has 1 aliphatic rings. The van der Waals surface area contributed by atoms with Crippen LogP contribution in [0.3, 0.4) is 0 Å². The van der Waals surface area contributed by atoms with Gasteiger partial charge in [-0.2, -0.15) is 0 Å². The number of aryl methyl sites for hydroxylation is 1. The number of carbonyl (C=O) groups is 1. The molecule has 1 aromatic heterocycles. The number of methoxy groups -OCH3 is 1. The molecule has 30 heavy (non-hydrogen) atoms. The van der Waals surface area contributed by atoms with Gasteiger partial charge in [-0.15, -0.1) is 34.2 Å². The summed E-state index contributed by atoms with van der Waals surface area (Å²) in [5.74, 6) is 1.73. The van der Waals surface area contributed by atoms with Gasteiger partial charge in [0.25, 0.3) is 0 Å². The Morgan fingerprint density at radius 1 is 1.27 bits per heavy atom. The van der Waals surface area contributed by atoms with Crippen molar-refractivity contribution in [3.05, 3.63) is 48.0 Å². The van der Waals surface area contributed by atoms with Gasteiger partial charge < -0.3 is 19.5 Å². The highest BCUT2D eigenvalue weighted by Gasteiger charge is 2.27. The molecule has 0 atom stereocenters. The van der Waals surface area contributed by atoms with E-state index >= 15 is 0 Å². The summed E-state index contributed by atoms with van der Waals surface area (Å²) in [5.41, 5.74) is 1.17. The van der Waals surface area contributed by atoms with Crippen LogP contribution < -0.4 is 5.32 Å². The number of esters is 1. The van der Waals surface area contributed by atoms with E-state index in [2.05, 4.69) is 44.0 Å². The Hall–Kier alpha value is -2.17. The van der Waals surface area contributed by atoms with E-state index in [1.807, 2.05) is 18.2 Å². The van der Waals surface area contributed by atoms with Gasteiger partial charge in [0.1, 0.15) is 12.2 Å². The number of likely N-dealkylation sites (tertiary alicyclic amines) is 1. The number of rotatable bonds is 7. The zero-order chi connectivity index (χ0) is 20.5. The summed E-state index contributed by atoms with van der Waals surface area (Å²) < 4.78 is 6.96. The third-order valence-corrected chi connectivity index (χ3v) is 5.23. The highest BCUT2D eigenvalue weighted by atomic mass is 127. The van der Waals surface area contributed by atoms with Crippen molar-refractivity contribution < 1.29 is 9.53 Å². The third kappa shape index (κ3) is 6.68. The number of aromatic nitrogens is 3. The summed E-state index contributed by atoms with van der Waals surface area (Å²) in [6.45, 7) is 5.77. The molecule has 2 heterocycles. The number of benzene rings is 1. The predicted octanol–water partition coefficient (Wildman–Crippen LogP) is 2.49. The lowest BCUT2D eigenvalue weighted by Crippen LogP contribution is -2.47. The van der Waals surface area contributed by atoms with Crippen molar-refractivity contribution >= 4 is 35.9 Å². The van der Waals surface area contributed by atoms with E-state index in [-0.39, 0.29) is 35.9 Å². The molecular weight excluding hydrogens is 495 g/mol. The number of hydrogen-bond donors (Lipinski definition) is 1. The van der Waals surface area contributed by atoms with E-state index in [0.29, 0.717) is 6.54 Å². The molecule has 0 bridgehead atoms. The number of piperidine rings is 1. The van der Waals surface area contributed by atoms with Gasteiger partial charge in [0.2, 0.25) is 0 Å². The van der Waals surface area contributed by atoms with Crippen LogP contribution in [0.1, 0.15) is 31.2 Å². The summed E-state index contributed by atoms with van der Waals surface area (Å²) in [7, 11) is 1.46. The van der Waals surface area contributed by atoms with Crippen molar-refractivity contribution in [3.63, 3.8) is 0 Å². The molecular formula is C21H31IN6O2. The van der Waals surface area contributed by atoms with Crippen molar-refractivity contribution in [2.45, 2.75) is 39.3 Å². The number of nitrogens with zero attached hydrogens (tertiary/aromatic N) is 5. The summed E-state index contributed by atoms with van der Waals surface area (Å²) >= 11 is 0. The quantitative estimate of drug-likeness (QED) is 0.258. The molecule has 3 rings (SSSR count). The van der Waals surface area contributed by atoms with Crippen LogP contribution in [0.2, 0.25) is 0 Å². The number of guanidine groups is 1. The first kappa shape index (κ1) is 24.1. The number of nitrogens with one attached hydrogen (secondary N) is 1. The Labute approximate surface area is 195 Å². The lowest BCUT2D eigenvalue weighted by molar-refractivity contribution is -0.146. The summed E-state index contributed by atoms with van der Waals surface area (Å²) in [6, 6.07) is 10.2. The van der Waals surface area contributed by atoms with Crippen LogP contribution >= 0.6 is 24.0 Å². The fourth-order valence-electron chi connectivity index (χ4n) is 3.54. The zero-order valence-electron chi connectivity index (χ0n) is 17.7. The average Bonchev–Trinajstić information content (AvgIpc) is 3.24. The third-order valence-electron chi connectivity index (χ3n) is 5.23. The molecule has 1 aliphatic heterocycles. The minimum absolute atomic E-state index is 0. The molecule has 0 saturated carbocycles. The van der Waals surface area contributed by atoms with Crippen molar-refractivity contribution in [2.75, 3.05) is 26.7 Å². The fourth-order valence-corrected chi connectivity index (χ4v) is 3.54. The molecule has 0 radical (unpaired) electrons. The number of hydrogen-bond acceptors (Lipinski definition) is 5. The van der Waals surface area contributed by atoms with Gasteiger partial charge >= 0.3 is 5.97 Å². The molecule has 1 aromatic carbocycles. The van der Waals surface area contributed by atoms with Gasteiger partial charge in [-0.25, -0.2) is 4.99 Å². The maximum absolute atomic E-state index is 11.8. The molecule has 1 N–H and O–H groups in total. The molecule has 0 spiro atoms. The van der Waals surface area contributed by atoms with Gasteiger partial charge in [0.05, 0.1) is 19.6 Å². The van der Waals surface area contributed by atoms with E-state index < -0.39 is 0 Å². The van der Waals surface area contributed by atoms with E-state index in [1.165, 1.54) is 12.7 Å². The van der Waals surface area contributed by atoms with Gasteiger partial charge in [0.15, 0.2) is 5.96 Å². The van der Waals surface area contributed by atoms with E-state index in [4.69, 9.17) is 9.73 Å². The summed E-state index contributed by atoms with van der Waals surface area (Å²) in [5, 5.41) is 11.6. The Kier molecular flexibility index (Phi) is 10.0. The topological polar surface area (TPSA) is 84.6 Å². The second-order valence-electron chi connectivity index (χ2n) is 7.13. The van der Waals surface area contributed by atoms with Crippen LogP contribution in [0, 0.1) is 5.92 Å². The molecule has 1 saturated heterocycles. The van der Waals surface area contributed by atoms with Crippen LogP contribution in [0.25, 0.3) is 0 Å². The largest absolute Gasteiger partial charge is 0.469 e. The van der Waals surface area contributed by atoms with Crippen LogP contribution in [-0.2, 0) is 29.0 Å². The highest BCUT2D eigenvalue weighted by Crippen LogP contribution is 2.18. The Bertz CT molecular complexity index is 803. The van der Waals surface area contributed by atoms with Crippen LogP contribution in [0.5, 0.6) is 0 Å². The van der Waals surface area contributed by atoms with E-state index in [1.54, 1.807) is 6.33 Å². The number of ether oxygens (including phenoxy) is 1. The van der Waals surface area contributed by atoms with Crippen molar-refractivity contribution in [3.8, 4) is 0 Å². The van der Waals surface area contributed by atoms with Crippen LogP contribution in [0.15, 0.2) is 41.7 Å². The first-order valence-electron chi connectivity index (χ1n) is 10.2. The van der Waals surface area contributed by atoms with Crippen molar-refractivity contribution in [1.82, 2.24) is 25.0 Å². The average molecular weight is 526 g/mol. The smallest absolute Gasteiger partial charge is 0.308 e. The minimum Gasteiger partial charge on any atom is -0.469 e. The summed E-state index contributed by atoms with van der Waals surface area (Å²) in [6.07, 6.45) is 4.19. The first-order chi connectivity index (χ1) is 14.2. The standard InChI is InChI=1S/C21H30N6O2.HI/c1-3-19-25-24-16-27(19)14-11-22-21(23-15-17-7-5-4-6-8-17)26-12-9-18(10-13-26)20(28)29-2;/h4-8,16,18H,3,9-15H2,1-2H3,(H,22,23);1H. The Balaban J connectivity index is 0.00000320. The lowest BCUT2D eigenvalue weighted by Gasteiger charge is -2.33. The van der Waals surface area contributed by atoms with Crippen molar-refractivity contribution in [1.29, 1.82) is 0 Å². The molecule has 0 unspecified atom stereocenters. The fraction of sp³-hybridized carbons (Fsp3) is 0.524. The zero-order valence-corrected chi connectivity index (χ0v) is 20.0. The number of halogens is 1. The molecule has 9 heteroatoms. The molecule has 0 aliphatic carbocycles. The first-order valence-corrected chi connectivity index (χ1v) is 10.2. The molecule has 0 amide bonds. The van der Waals surface area contributed by atoms with Gasteiger partial charge in [-0.05, 0) is 18.4 Å². The van der Waals surface area contributed by atoms with Crippen LogP contribution in [-0.4, -0.2) is 58.3 Å². The number of aliphatic imine (C=N–C) groups is 1. The SMILES string of the molecule is CCc1nncn1CCNC(=NCc1ccccc1)N1CCC(C(=O)OC)CC1.I. The molecule has 8 nitrogen and oxygen atoms in total. The second kappa shape index (κ2) is 12.5.